The molecule has 0 radical (unpaired) electrons. The molecule has 3 aromatic rings. The minimum Gasteiger partial charge on any atom is -0.461 e. The van der Waals surface area contributed by atoms with Gasteiger partial charge in [-0.25, -0.2) is 9.48 Å². The van der Waals surface area contributed by atoms with Crippen molar-refractivity contribution >= 4 is 27.8 Å². The molecule has 32 heavy (non-hydrogen) atoms. The van der Waals surface area contributed by atoms with E-state index in [1.165, 1.54) is 12.1 Å². The lowest BCUT2D eigenvalue weighted by molar-refractivity contribution is -0.137. The average molecular weight is 510 g/mol. The first-order valence-corrected chi connectivity index (χ1v) is 10.4. The summed E-state index contributed by atoms with van der Waals surface area (Å²) in [7, 11) is 0. The fourth-order valence-corrected chi connectivity index (χ4v) is 3.32. The van der Waals surface area contributed by atoms with Crippen LogP contribution in [0.2, 0.25) is 0 Å². The van der Waals surface area contributed by atoms with Crippen LogP contribution in [-0.4, -0.2) is 28.3 Å². The molecule has 0 aliphatic carbocycles. The number of carbonyl (C=O) groups is 2. The summed E-state index contributed by atoms with van der Waals surface area (Å²) in [5, 5.41) is 6.96. The maximum Gasteiger partial charge on any atom is 0.416 e. The van der Waals surface area contributed by atoms with Crippen molar-refractivity contribution in [1.82, 2.24) is 15.1 Å². The SMILES string of the molecule is CCOC(=O)c1nn(-c2ccc(C(=O)NCc3ccc(C(F)(F)F)cc3)cc2)c(C)c1Br. The van der Waals surface area contributed by atoms with Crippen LogP contribution in [0.25, 0.3) is 5.69 Å². The number of aromatic nitrogens is 2. The Hall–Kier alpha value is -3.14. The number of ether oxygens (including phenoxy) is 1. The van der Waals surface area contributed by atoms with Gasteiger partial charge in [-0.05, 0) is 71.7 Å². The van der Waals surface area contributed by atoms with Crippen molar-refractivity contribution in [2.45, 2.75) is 26.6 Å². The second-order valence-electron chi connectivity index (χ2n) is 6.80. The minimum absolute atomic E-state index is 0.0901. The van der Waals surface area contributed by atoms with Crippen molar-refractivity contribution < 1.29 is 27.5 Å². The van der Waals surface area contributed by atoms with E-state index in [-0.39, 0.29) is 24.8 Å². The lowest BCUT2D eigenvalue weighted by Crippen LogP contribution is -2.22. The molecule has 0 fully saturated rings. The van der Waals surface area contributed by atoms with Crippen LogP contribution < -0.4 is 5.32 Å². The summed E-state index contributed by atoms with van der Waals surface area (Å²) >= 11 is 3.35. The molecule has 1 amide bonds. The summed E-state index contributed by atoms with van der Waals surface area (Å²) in [6.07, 6.45) is -4.40. The molecular weight excluding hydrogens is 491 g/mol. The Morgan fingerprint density at radius 3 is 2.28 bits per heavy atom. The standard InChI is InChI=1S/C22H19BrF3N3O3/c1-3-32-21(31)19-18(23)13(2)29(28-19)17-10-6-15(7-11-17)20(30)27-12-14-4-8-16(9-5-14)22(24,25)26/h4-11H,3,12H2,1-2H3,(H,27,30). The Morgan fingerprint density at radius 1 is 1.09 bits per heavy atom. The highest BCUT2D eigenvalue weighted by atomic mass is 79.9. The van der Waals surface area contributed by atoms with Gasteiger partial charge in [-0.2, -0.15) is 18.3 Å². The molecule has 0 aliphatic heterocycles. The number of alkyl halides is 3. The Bertz CT molecular complexity index is 1120. The second kappa shape index (κ2) is 9.56. The third kappa shape index (κ3) is 5.18. The molecule has 1 N–H and O–H groups in total. The molecule has 0 saturated carbocycles. The van der Waals surface area contributed by atoms with Gasteiger partial charge in [0.05, 0.1) is 28.0 Å². The number of carbonyl (C=O) groups excluding carboxylic acids is 2. The highest BCUT2D eigenvalue weighted by molar-refractivity contribution is 9.10. The van der Waals surface area contributed by atoms with E-state index in [0.29, 0.717) is 27.0 Å². The number of hydrogen-bond donors (Lipinski definition) is 1. The van der Waals surface area contributed by atoms with Crippen LogP contribution in [0.5, 0.6) is 0 Å². The van der Waals surface area contributed by atoms with Gasteiger partial charge in [-0.1, -0.05) is 12.1 Å². The summed E-state index contributed by atoms with van der Waals surface area (Å²) in [5.41, 5.74) is 1.66. The molecule has 3 rings (SSSR count). The lowest BCUT2D eigenvalue weighted by Gasteiger charge is -2.09. The summed E-state index contributed by atoms with van der Waals surface area (Å²) in [6.45, 7) is 3.81. The van der Waals surface area contributed by atoms with Crippen molar-refractivity contribution in [3.8, 4) is 5.69 Å². The van der Waals surface area contributed by atoms with E-state index in [4.69, 9.17) is 4.74 Å². The number of rotatable bonds is 6. The van der Waals surface area contributed by atoms with Gasteiger partial charge in [0, 0.05) is 12.1 Å². The first kappa shape index (κ1) is 23.5. The van der Waals surface area contributed by atoms with Crippen LogP contribution in [0.4, 0.5) is 13.2 Å². The molecule has 168 valence electrons. The van der Waals surface area contributed by atoms with Gasteiger partial charge in [0.15, 0.2) is 5.69 Å². The molecule has 0 unspecified atom stereocenters. The predicted octanol–water partition coefficient (Wildman–Crippen LogP) is 5.07. The van der Waals surface area contributed by atoms with Gasteiger partial charge < -0.3 is 10.1 Å². The number of nitrogens with zero attached hydrogens (tertiary/aromatic N) is 2. The Morgan fingerprint density at radius 2 is 1.72 bits per heavy atom. The molecule has 0 atom stereocenters. The third-order valence-corrected chi connectivity index (χ3v) is 5.57. The van der Waals surface area contributed by atoms with Crippen molar-refractivity contribution in [2.24, 2.45) is 0 Å². The molecule has 0 aliphatic rings. The average Bonchev–Trinajstić information content (AvgIpc) is 3.07. The van der Waals surface area contributed by atoms with Crippen molar-refractivity contribution in [2.75, 3.05) is 6.61 Å². The van der Waals surface area contributed by atoms with Crippen LogP contribution in [0.15, 0.2) is 53.0 Å². The van der Waals surface area contributed by atoms with Gasteiger partial charge in [0.25, 0.3) is 5.91 Å². The zero-order valence-corrected chi connectivity index (χ0v) is 18.8. The van der Waals surface area contributed by atoms with E-state index in [2.05, 4.69) is 26.3 Å². The Labute approximate surface area is 190 Å². The fourth-order valence-electron chi connectivity index (χ4n) is 2.91. The molecular formula is C22H19BrF3N3O3. The summed E-state index contributed by atoms with van der Waals surface area (Å²) in [5.74, 6) is -0.914. The smallest absolute Gasteiger partial charge is 0.416 e. The van der Waals surface area contributed by atoms with E-state index in [9.17, 15) is 22.8 Å². The molecule has 1 heterocycles. The van der Waals surface area contributed by atoms with E-state index in [1.807, 2.05) is 0 Å². The zero-order valence-electron chi connectivity index (χ0n) is 17.2. The number of hydrogen-bond acceptors (Lipinski definition) is 4. The summed E-state index contributed by atoms with van der Waals surface area (Å²) in [6, 6.07) is 11.1. The molecule has 0 bridgehead atoms. The maximum atomic E-state index is 12.6. The van der Waals surface area contributed by atoms with Crippen molar-refractivity contribution in [1.29, 1.82) is 0 Å². The summed E-state index contributed by atoms with van der Waals surface area (Å²) < 4.78 is 45.0. The second-order valence-corrected chi connectivity index (χ2v) is 7.60. The molecule has 10 heteroatoms. The van der Waals surface area contributed by atoms with Crippen molar-refractivity contribution in [3.05, 3.63) is 81.1 Å². The van der Waals surface area contributed by atoms with Crippen LogP contribution in [0.1, 0.15) is 44.6 Å². The molecule has 6 nitrogen and oxygen atoms in total. The Balaban J connectivity index is 1.69. The number of nitrogens with one attached hydrogen (secondary N) is 1. The number of amides is 1. The van der Waals surface area contributed by atoms with Gasteiger partial charge in [-0.3, -0.25) is 4.79 Å². The number of benzene rings is 2. The topological polar surface area (TPSA) is 73.2 Å². The quantitative estimate of drug-likeness (QED) is 0.471. The first-order chi connectivity index (χ1) is 15.1. The molecule has 2 aromatic carbocycles. The number of halogens is 4. The van der Waals surface area contributed by atoms with Crippen LogP contribution in [0.3, 0.4) is 0 Å². The van der Waals surface area contributed by atoms with Gasteiger partial charge in [-0.15, -0.1) is 0 Å². The van der Waals surface area contributed by atoms with E-state index >= 15 is 0 Å². The highest BCUT2D eigenvalue weighted by Gasteiger charge is 2.29. The van der Waals surface area contributed by atoms with E-state index in [0.717, 1.165) is 12.1 Å². The minimum atomic E-state index is -4.40. The highest BCUT2D eigenvalue weighted by Crippen LogP contribution is 2.29. The fraction of sp³-hybridized carbons (Fsp3) is 0.227. The van der Waals surface area contributed by atoms with Gasteiger partial charge in [0.1, 0.15) is 0 Å². The monoisotopic (exact) mass is 509 g/mol. The number of esters is 1. The van der Waals surface area contributed by atoms with E-state index < -0.39 is 17.7 Å². The van der Waals surface area contributed by atoms with Crippen LogP contribution in [0, 0.1) is 6.92 Å². The van der Waals surface area contributed by atoms with Crippen LogP contribution in [-0.2, 0) is 17.5 Å². The Kier molecular flexibility index (Phi) is 7.02. The van der Waals surface area contributed by atoms with Crippen LogP contribution >= 0.6 is 15.9 Å². The molecule has 1 aromatic heterocycles. The largest absolute Gasteiger partial charge is 0.461 e. The first-order valence-electron chi connectivity index (χ1n) is 9.58. The zero-order chi connectivity index (χ0) is 23.5. The molecule has 0 spiro atoms. The third-order valence-electron chi connectivity index (χ3n) is 4.62. The maximum absolute atomic E-state index is 12.6. The van der Waals surface area contributed by atoms with Crippen molar-refractivity contribution in [3.63, 3.8) is 0 Å². The molecule has 0 saturated heterocycles. The predicted molar refractivity (Wildman–Crippen MR) is 115 cm³/mol. The van der Waals surface area contributed by atoms with E-state index in [1.54, 1.807) is 42.8 Å². The van der Waals surface area contributed by atoms with Gasteiger partial charge in [0.2, 0.25) is 0 Å². The normalized spacial score (nSPS) is 11.3. The van der Waals surface area contributed by atoms with Gasteiger partial charge >= 0.3 is 12.1 Å². The summed E-state index contributed by atoms with van der Waals surface area (Å²) in [4.78, 5) is 24.4. The lowest BCUT2D eigenvalue weighted by atomic mass is 10.1.